The van der Waals surface area contributed by atoms with Gasteiger partial charge in [-0.05, 0) is 61.0 Å². The number of hydrazone groups is 1. The molecule has 0 atom stereocenters. The molecule has 7 nitrogen and oxygen atoms in total. The van der Waals surface area contributed by atoms with Gasteiger partial charge in [0.25, 0.3) is 0 Å². The number of hydrogen-bond acceptors (Lipinski definition) is 5. The highest BCUT2D eigenvalue weighted by Crippen LogP contribution is 2.29. The van der Waals surface area contributed by atoms with Crippen molar-refractivity contribution in [3.8, 4) is 5.75 Å². The summed E-state index contributed by atoms with van der Waals surface area (Å²) < 4.78 is 5.32. The van der Waals surface area contributed by atoms with Crippen molar-refractivity contribution < 1.29 is 19.1 Å². The summed E-state index contributed by atoms with van der Waals surface area (Å²) in [5.74, 6) is -2.05. The third-order valence-corrected chi connectivity index (χ3v) is 4.98. The minimum absolute atomic E-state index is 0.127. The fraction of sp³-hybridized carbons (Fsp3) is 0.0435. The van der Waals surface area contributed by atoms with Gasteiger partial charge < -0.3 is 10.1 Å². The molecule has 3 aromatic carbocycles. The number of benzene rings is 3. The average molecular weight is 470 g/mol. The molecule has 0 heterocycles. The van der Waals surface area contributed by atoms with E-state index in [1.807, 2.05) is 19.1 Å². The van der Waals surface area contributed by atoms with Crippen molar-refractivity contribution in [2.45, 2.75) is 6.92 Å². The zero-order valence-electron chi connectivity index (χ0n) is 16.8. The largest absolute Gasteiger partial charge is 0.423 e. The molecule has 0 fully saturated rings. The minimum atomic E-state index is -0.985. The van der Waals surface area contributed by atoms with Gasteiger partial charge in [-0.15, -0.1) is 0 Å². The predicted molar refractivity (Wildman–Crippen MR) is 123 cm³/mol. The van der Waals surface area contributed by atoms with E-state index in [0.29, 0.717) is 16.9 Å². The van der Waals surface area contributed by atoms with E-state index in [0.717, 1.165) is 5.56 Å². The molecule has 9 heteroatoms. The molecule has 0 aliphatic rings. The maximum Gasteiger partial charge on any atom is 0.343 e. The van der Waals surface area contributed by atoms with Crippen molar-refractivity contribution in [2.24, 2.45) is 5.10 Å². The van der Waals surface area contributed by atoms with E-state index in [9.17, 15) is 14.4 Å². The molecule has 3 rings (SSSR count). The number of esters is 1. The summed E-state index contributed by atoms with van der Waals surface area (Å²) in [4.78, 5) is 36.0. The molecule has 0 bridgehead atoms. The Bertz CT molecular complexity index is 1180. The van der Waals surface area contributed by atoms with Crippen LogP contribution in [0.5, 0.6) is 5.75 Å². The topological polar surface area (TPSA) is 96.9 Å². The van der Waals surface area contributed by atoms with Crippen LogP contribution in [0.3, 0.4) is 0 Å². The van der Waals surface area contributed by atoms with E-state index in [2.05, 4.69) is 15.8 Å². The van der Waals surface area contributed by atoms with E-state index in [-0.39, 0.29) is 15.7 Å². The first-order valence-electron chi connectivity index (χ1n) is 9.31. The second-order valence-corrected chi connectivity index (χ2v) is 7.36. The van der Waals surface area contributed by atoms with Crippen molar-refractivity contribution in [1.29, 1.82) is 0 Å². The summed E-state index contributed by atoms with van der Waals surface area (Å²) in [6.07, 6.45) is 1.34. The van der Waals surface area contributed by atoms with Crippen LogP contribution < -0.4 is 15.5 Å². The van der Waals surface area contributed by atoms with Gasteiger partial charge in [0.1, 0.15) is 5.75 Å². The summed E-state index contributed by atoms with van der Waals surface area (Å²) in [6.45, 7) is 1.93. The second-order valence-electron chi connectivity index (χ2n) is 6.58. The number of amides is 2. The smallest absolute Gasteiger partial charge is 0.343 e. The normalized spacial score (nSPS) is 10.6. The van der Waals surface area contributed by atoms with E-state index in [1.54, 1.807) is 48.5 Å². The Morgan fingerprint density at radius 1 is 0.906 bits per heavy atom. The number of carbonyl (C=O) groups excluding carboxylic acids is 3. The third-order valence-electron chi connectivity index (χ3n) is 4.16. The molecule has 0 aliphatic heterocycles. The Balaban J connectivity index is 1.52. The van der Waals surface area contributed by atoms with Gasteiger partial charge in [0.2, 0.25) is 0 Å². The van der Waals surface area contributed by atoms with Gasteiger partial charge in [-0.3, -0.25) is 9.59 Å². The summed E-state index contributed by atoms with van der Waals surface area (Å²) in [7, 11) is 0. The molecule has 0 spiro atoms. The number of nitrogens with zero attached hydrogens (tertiary/aromatic N) is 1. The highest BCUT2D eigenvalue weighted by molar-refractivity contribution is 6.45. The van der Waals surface area contributed by atoms with Crippen molar-refractivity contribution in [3.63, 3.8) is 0 Å². The van der Waals surface area contributed by atoms with Crippen molar-refractivity contribution >= 4 is 52.9 Å². The number of hydrogen-bond donors (Lipinski definition) is 2. The molecule has 32 heavy (non-hydrogen) atoms. The van der Waals surface area contributed by atoms with Crippen LogP contribution in [0, 0.1) is 6.92 Å². The van der Waals surface area contributed by atoms with Crippen LogP contribution in [0.15, 0.2) is 71.8 Å². The van der Waals surface area contributed by atoms with Gasteiger partial charge in [0, 0.05) is 0 Å². The summed E-state index contributed by atoms with van der Waals surface area (Å²) in [6, 6.07) is 18.1. The molecule has 0 saturated heterocycles. The molecule has 0 aliphatic carbocycles. The van der Waals surface area contributed by atoms with Crippen LogP contribution >= 0.6 is 23.2 Å². The van der Waals surface area contributed by atoms with Gasteiger partial charge in [0.05, 0.1) is 27.5 Å². The fourth-order valence-electron chi connectivity index (χ4n) is 2.47. The maximum absolute atomic E-state index is 12.1. The molecule has 2 N–H and O–H groups in total. The van der Waals surface area contributed by atoms with Crippen LogP contribution in [0.2, 0.25) is 10.0 Å². The predicted octanol–water partition coefficient (Wildman–Crippen LogP) is 4.61. The summed E-state index contributed by atoms with van der Waals surface area (Å²) >= 11 is 11.8. The van der Waals surface area contributed by atoms with E-state index in [1.165, 1.54) is 12.3 Å². The van der Waals surface area contributed by atoms with E-state index >= 15 is 0 Å². The minimum Gasteiger partial charge on any atom is -0.423 e. The molecular weight excluding hydrogens is 453 g/mol. The van der Waals surface area contributed by atoms with Crippen molar-refractivity contribution in [1.82, 2.24) is 5.43 Å². The quantitative estimate of drug-likeness (QED) is 0.187. The van der Waals surface area contributed by atoms with Crippen molar-refractivity contribution in [2.75, 3.05) is 5.32 Å². The van der Waals surface area contributed by atoms with Crippen LogP contribution in [0.25, 0.3) is 0 Å². The summed E-state index contributed by atoms with van der Waals surface area (Å²) in [5.41, 5.74) is 4.42. The standard InChI is InChI=1S/C23H17Cl2N3O4/c1-14-5-9-16(10-6-14)23(31)32-17-11-7-15(8-12-17)13-26-28-22(30)21(29)27-19-4-2-3-18(24)20(19)25/h2-13H,1H3,(H,27,29)(H,28,30)/b26-13+. The van der Waals surface area contributed by atoms with Crippen LogP contribution in [0.4, 0.5) is 5.69 Å². The molecule has 2 amide bonds. The Morgan fingerprint density at radius 3 is 2.28 bits per heavy atom. The number of nitrogens with one attached hydrogen (secondary N) is 2. The van der Waals surface area contributed by atoms with Gasteiger partial charge in [-0.2, -0.15) is 5.10 Å². The fourth-order valence-corrected chi connectivity index (χ4v) is 2.82. The molecule has 0 aromatic heterocycles. The number of aryl methyl sites for hydroxylation is 1. The monoisotopic (exact) mass is 469 g/mol. The first-order valence-corrected chi connectivity index (χ1v) is 10.1. The Kier molecular flexibility index (Phi) is 7.59. The summed E-state index contributed by atoms with van der Waals surface area (Å²) in [5, 5.41) is 6.46. The maximum atomic E-state index is 12.1. The number of ether oxygens (including phenoxy) is 1. The van der Waals surface area contributed by atoms with Gasteiger partial charge in [0.15, 0.2) is 0 Å². The van der Waals surface area contributed by atoms with Crippen molar-refractivity contribution in [3.05, 3.63) is 93.5 Å². The van der Waals surface area contributed by atoms with E-state index in [4.69, 9.17) is 27.9 Å². The van der Waals surface area contributed by atoms with Gasteiger partial charge in [-0.1, -0.05) is 47.0 Å². The second kappa shape index (κ2) is 10.6. The molecule has 0 radical (unpaired) electrons. The van der Waals surface area contributed by atoms with Crippen LogP contribution in [-0.4, -0.2) is 24.0 Å². The third kappa shape index (κ3) is 6.16. The van der Waals surface area contributed by atoms with Gasteiger partial charge >= 0.3 is 17.8 Å². The average Bonchev–Trinajstić information content (AvgIpc) is 2.78. The SMILES string of the molecule is Cc1ccc(C(=O)Oc2ccc(/C=N/NC(=O)C(=O)Nc3cccc(Cl)c3Cl)cc2)cc1. The van der Waals surface area contributed by atoms with Crippen LogP contribution in [-0.2, 0) is 9.59 Å². The number of halogens is 2. The highest BCUT2D eigenvalue weighted by Gasteiger charge is 2.15. The first kappa shape index (κ1) is 23.0. The highest BCUT2D eigenvalue weighted by atomic mass is 35.5. The zero-order valence-corrected chi connectivity index (χ0v) is 18.3. The lowest BCUT2D eigenvalue weighted by Gasteiger charge is -2.07. The Hall–Kier alpha value is -3.68. The molecule has 0 unspecified atom stereocenters. The number of rotatable bonds is 5. The lowest BCUT2D eigenvalue weighted by molar-refractivity contribution is -0.136. The zero-order chi connectivity index (χ0) is 23.1. The van der Waals surface area contributed by atoms with E-state index < -0.39 is 17.8 Å². The lowest BCUT2D eigenvalue weighted by atomic mass is 10.1. The Labute approximate surface area is 194 Å². The molecule has 3 aromatic rings. The number of anilines is 1. The lowest BCUT2D eigenvalue weighted by Crippen LogP contribution is -2.32. The molecular formula is C23H17Cl2N3O4. The van der Waals surface area contributed by atoms with Gasteiger partial charge in [-0.25, -0.2) is 10.2 Å². The van der Waals surface area contributed by atoms with Crippen LogP contribution in [0.1, 0.15) is 21.5 Å². The Morgan fingerprint density at radius 2 is 1.59 bits per heavy atom. The number of carbonyl (C=O) groups is 3. The molecule has 162 valence electrons. The molecule has 0 saturated carbocycles. The first-order chi connectivity index (χ1) is 15.3.